The van der Waals surface area contributed by atoms with E-state index in [-0.39, 0.29) is 17.6 Å². The van der Waals surface area contributed by atoms with Crippen LogP contribution in [0.25, 0.3) is 34.1 Å². The number of halogens is 1. The molecule has 0 spiro atoms. The maximum Gasteiger partial charge on any atom is 0.434 e. The molecule has 2 N–H and O–H groups in total. The Labute approximate surface area is 228 Å². The highest BCUT2D eigenvalue weighted by atomic mass is 35.5. The molecule has 11 heteroatoms. The molecule has 0 saturated heterocycles. The molecule has 0 fully saturated rings. The van der Waals surface area contributed by atoms with Gasteiger partial charge in [-0.05, 0) is 55.9 Å². The summed E-state index contributed by atoms with van der Waals surface area (Å²) in [6.07, 6.45) is 8.16. The number of aliphatic hydroxyl groups is 1. The van der Waals surface area contributed by atoms with E-state index < -0.39 is 11.4 Å². The van der Waals surface area contributed by atoms with Crippen LogP contribution in [0.3, 0.4) is 0 Å². The number of fused-ring (bicyclic) bond motifs is 1. The minimum atomic E-state index is -1.54. The minimum absolute atomic E-state index is 0.0676. The topological polar surface area (TPSA) is 136 Å². The second kappa shape index (κ2) is 9.87. The summed E-state index contributed by atoms with van der Waals surface area (Å²) < 4.78 is 7.14. The third kappa shape index (κ3) is 4.77. The lowest BCUT2D eigenvalue weighted by Gasteiger charge is -2.27. The maximum atomic E-state index is 11.9. The van der Waals surface area contributed by atoms with Crippen molar-refractivity contribution >= 4 is 22.8 Å². The van der Waals surface area contributed by atoms with Crippen LogP contribution < -0.4 is 5.76 Å². The van der Waals surface area contributed by atoms with E-state index in [1.165, 1.54) is 0 Å². The van der Waals surface area contributed by atoms with E-state index in [1.54, 1.807) is 37.4 Å². The molecule has 4 heterocycles. The minimum Gasteiger partial charge on any atom is -0.384 e. The predicted molar refractivity (Wildman–Crippen MR) is 146 cm³/mol. The van der Waals surface area contributed by atoms with Crippen molar-refractivity contribution in [2.75, 3.05) is 0 Å². The average Bonchev–Trinajstić information content (AvgIpc) is 3.54. The molecule has 1 aliphatic carbocycles. The Morgan fingerprint density at radius 2 is 2.03 bits per heavy atom. The van der Waals surface area contributed by atoms with Gasteiger partial charge in [-0.3, -0.25) is 4.98 Å². The van der Waals surface area contributed by atoms with E-state index in [9.17, 15) is 9.90 Å². The van der Waals surface area contributed by atoms with Gasteiger partial charge in [0.2, 0.25) is 5.82 Å². The summed E-state index contributed by atoms with van der Waals surface area (Å²) in [5.74, 6) is 0.404. The first-order valence-corrected chi connectivity index (χ1v) is 13.1. The first-order valence-electron chi connectivity index (χ1n) is 12.7. The summed E-state index contributed by atoms with van der Waals surface area (Å²) >= 11 is 6.37. The molecule has 198 valence electrons. The summed E-state index contributed by atoms with van der Waals surface area (Å²) in [5, 5.41) is 18.6. The van der Waals surface area contributed by atoms with Crippen molar-refractivity contribution in [1.29, 1.82) is 0 Å². The molecule has 1 aromatic carbocycles. The SMILES string of the molecule is C[C@H]1C=C[C@H](Cn2c(C(C)(O)c3ccccn3)nc3nc(-c4n[nH]c(=O)o4)nc(-c4cccc(Cl)c4)c32)CC1. The molecule has 0 amide bonds. The Balaban J connectivity index is 1.64. The Morgan fingerprint density at radius 1 is 1.15 bits per heavy atom. The zero-order valence-corrected chi connectivity index (χ0v) is 22.1. The molecule has 0 aliphatic heterocycles. The first kappa shape index (κ1) is 25.1. The number of aromatic nitrogens is 7. The zero-order chi connectivity index (χ0) is 27.1. The van der Waals surface area contributed by atoms with E-state index in [1.807, 2.05) is 22.8 Å². The summed E-state index contributed by atoms with van der Waals surface area (Å²) in [4.78, 5) is 30.4. The van der Waals surface area contributed by atoms with Crippen LogP contribution in [-0.4, -0.2) is 39.8 Å². The van der Waals surface area contributed by atoms with Crippen molar-refractivity contribution in [2.24, 2.45) is 11.8 Å². The van der Waals surface area contributed by atoms with Gasteiger partial charge >= 0.3 is 5.76 Å². The van der Waals surface area contributed by atoms with Gasteiger partial charge < -0.3 is 14.1 Å². The second-order valence-corrected chi connectivity index (χ2v) is 10.5. The molecular weight excluding hydrogens is 518 g/mol. The molecule has 0 bridgehead atoms. The normalized spacial score (nSPS) is 18.9. The zero-order valence-electron chi connectivity index (χ0n) is 21.4. The van der Waals surface area contributed by atoms with Crippen LogP contribution in [0.4, 0.5) is 0 Å². The Kier molecular flexibility index (Phi) is 6.36. The third-order valence-electron chi connectivity index (χ3n) is 7.05. The van der Waals surface area contributed by atoms with Crippen molar-refractivity contribution in [2.45, 2.75) is 38.8 Å². The van der Waals surface area contributed by atoms with Gasteiger partial charge in [0, 0.05) is 23.3 Å². The van der Waals surface area contributed by atoms with Crippen molar-refractivity contribution in [3.05, 3.63) is 87.9 Å². The van der Waals surface area contributed by atoms with E-state index in [0.717, 1.165) is 12.8 Å². The predicted octanol–water partition coefficient (Wildman–Crippen LogP) is 4.74. The molecule has 0 radical (unpaired) electrons. The quantitative estimate of drug-likeness (QED) is 0.293. The van der Waals surface area contributed by atoms with Crippen LogP contribution in [0, 0.1) is 11.8 Å². The number of imidazole rings is 1. The highest BCUT2D eigenvalue weighted by molar-refractivity contribution is 6.30. The van der Waals surface area contributed by atoms with Gasteiger partial charge in [0.05, 0.1) is 5.69 Å². The largest absolute Gasteiger partial charge is 0.434 e. The lowest BCUT2D eigenvalue weighted by Crippen LogP contribution is -2.30. The van der Waals surface area contributed by atoms with Gasteiger partial charge in [-0.25, -0.2) is 24.8 Å². The number of rotatable bonds is 6. The maximum absolute atomic E-state index is 11.9. The van der Waals surface area contributed by atoms with E-state index in [2.05, 4.69) is 39.2 Å². The second-order valence-electron chi connectivity index (χ2n) is 10.0. The number of hydrogen-bond acceptors (Lipinski definition) is 8. The van der Waals surface area contributed by atoms with Crippen LogP contribution in [0.1, 0.15) is 38.2 Å². The number of benzene rings is 1. The summed E-state index contributed by atoms with van der Waals surface area (Å²) in [6, 6.07) is 12.7. The van der Waals surface area contributed by atoms with Gasteiger partial charge in [-0.15, -0.1) is 5.10 Å². The lowest BCUT2D eigenvalue weighted by atomic mass is 9.89. The standard InChI is InChI=1S/C28H26ClN7O3/c1-16-9-11-17(12-10-16)15-36-22-21(18-6-5-7-19(29)14-18)31-24(25-34-35-27(37)39-25)32-23(22)33-26(36)28(2,38)20-8-3-4-13-30-20/h3-9,11,13-14,16-17,38H,10,12,15H2,1-2H3,(H,35,37)/t16-,17-,28?/m0/s1. The van der Waals surface area contributed by atoms with Gasteiger partial charge in [-0.2, -0.15) is 0 Å². The van der Waals surface area contributed by atoms with Crippen molar-refractivity contribution in [1.82, 2.24) is 34.7 Å². The molecule has 39 heavy (non-hydrogen) atoms. The number of nitrogens with zero attached hydrogens (tertiary/aromatic N) is 6. The fraction of sp³-hybridized carbons (Fsp3) is 0.286. The van der Waals surface area contributed by atoms with E-state index >= 15 is 0 Å². The van der Waals surface area contributed by atoms with Crippen LogP contribution in [0.15, 0.2) is 70.0 Å². The van der Waals surface area contributed by atoms with Crippen LogP contribution in [0.2, 0.25) is 5.02 Å². The molecule has 3 atom stereocenters. The number of pyridine rings is 1. The molecular formula is C28H26ClN7O3. The van der Waals surface area contributed by atoms with Crippen molar-refractivity contribution in [3.8, 4) is 23.0 Å². The van der Waals surface area contributed by atoms with Gasteiger partial charge in [0.25, 0.3) is 5.89 Å². The lowest BCUT2D eigenvalue weighted by molar-refractivity contribution is 0.0830. The smallest absolute Gasteiger partial charge is 0.384 e. The van der Waals surface area contributed by atoms with Gasteiger partial charge in [-0.1, -0.05) is 48.9 Å². The fourth-order valence-electron chi connectivity index (χ4n) is 5.01. The number of allylic oxidation sites excluding steroid dienone is 2. The molecule has 0 saturated carbocycles. The van der Waals surface area contributed by atoms with Crippen molar-refractivity contribution in [3.63, 3.8) is 0 Å². The van der Waals surface area contributed by atoms with Crippen LogP contribution in [-0.2, 0) is 12.1 Å². The molecule has 6 rings (SSSR count). The molecule has 5 aromatic rings. The first-order chi connectivity index (χ1) is 18.8. The van der Waals surface area contributed by atoms with Crippen LogP contribution in [0.5, 0.6) is 0 Å². The average molecular weight is 544 g/mol. The number of aromatic amines is 1. The van der Waals surface area contributed by atoms with E-state index in [4.69, 9.17) is 26.0 Å². The summed E-state index contributed by atoms with van der Waals surface area (Å²) in [7, 11) is 0. The molecule has 1 unspecified atom stereocenters. The summed E-state index contributed by atoms with van der Waals surface area (Å²) in [6.45, 7) is 4.43. The molecule has 1 aliphatic rings. The monoisotopic (exact) mass is 543 g/mol. The van der Waals surface area contributed by atoms with Gasteiger partial charge in [0.1, 0.15) is 17.0 Å². The molecule has 10 nitrogen and oxygen atoms in total. The Hall–Kier alpha value is -4.15. The Bertz CT molecular complexity index is 1740. The van der Waals surface area contributed by atoms with Gasteiger partial charge in [0.15, 0.2) is 11.2 Å². The van der Waals surface area contributed by atoms with E-state index in [0.29, 0.717) is 51.4 Å². The van der Waals surface area contributed by atoms with Crippen LogP contribution >= 0.6 is 11.6 Å². The fourth-order valence-corrected chi connectivity index (χ4v) is 5.20. The number of H-pyrrole nitrogens is 1. The third-order valence-corrected chi connectivity index (χ3v) is 7.29. The number of nitrogens with one attached hydrogen (secondary N) is 1. The Morgan fingerprint density at radius 3 is 2.72 bits per heavy atom. The number of hydrogen-bond donors (Lipinski definition) is 2. The van der Waals surface area contributed by atoms with Crippen molar-refractivity contribution < 1.29 is 9.52 Å². The highest BCUT2D eigenvalue weighted by Gasteiger charge is 2.36. The summed E-state index contributed by atoms with van der Waals surface area (Å²) in [5.41, 5.74) is 1.08. The molecule has 4 aromatic heterocycles. The highest BCUT2D eigenvalue weighted by Crippen LogP contribution is 2.36.